The van der Waals surface area contributed by atoms with E-state index in [-0.39, 0.29) is 11.8 Å². The van der Waals surface area contributed by atoms with Crippen molar-refractivity contribution in [2.45, 2.75) is 19.4 Å². The minimum absolute atomic E-state index is 0.0465. The van der Waals surface area contributed by atoms with Crippen molar-refractivity contribution in [2.24, 2.45) is 5.92 Å². The number of carbonyl (C=O) groups is 1. The van der Waals surface area contributed by atoms with Crippen LogP contribution < -0.4 is 10.2 Å². The van der Waals surface area contributed by atoms with Gasteiger partial charge in [-0.15, -0.1) is 0 Å². The summed E-state index contributed by atoms with van der Waals surface area (Å²) in [6.07, 6.45) is 5.30. The quantitative estimate of drug-likeness (QED) is 0.914. The predicted octanol–water partition coefficient (Wildman–Crippen LogP) is 2.48. The van der Waals surface area contributed by atoms with E-state index >= 15 is 0 Å². The molecule has 0 aliphatic carbocycles. The van der Waals surface area contributed by atoms with Crippen LogP contribution in [0.5, 0.6) is 0 Å². The van der Waals surface area contributed by atoms with Crippen molar-refractivity contribution in [3.63, 3.8) is 0 Å². The lowest BCUT2D eigenvalue weighted by molar-refractivity contribution is -0.120. The molecule has 1 fully saturated rings. The van der Waals surface area contributed by atoms with Crippen LogP contribution in [0.25, 0.3) is 0 Å². The number of amides is 1. The Labute approximate surface area is 141 Å². The molecule has 1 amide bonds. The van der Waals surface area contributed by atoms with Crippen LogP contribution in [0.2, 0.25) is 0 Å². The van der Waals surface area contributed by atoms with Gasteiger partial charge in [-0.2, -0.15) is 0 Å². The van der Waals surface area contributed by atoms with Gasteiger partial charge in [0.05, 0.1) is 12.5 Å². The van der Waals surface area contributed by atoms with Crippen molar-refractivity contribution < 1.29 is 9.53 Å². The second-order valence-corrected chi connectivity index (χ2v) is 5.96. The molecular weight excluding hydrogens is 304 g/mol. The van der Waals surface area contributed by atoms with Crippen LogP contribution >= 0.6 is 0 Å². The summed E-state index contributed by atoms with van der Waals surface area (Å²) in [5, 5.41) is 3.02. The molecule has 1 aromatic carbocycles. The van der Waals surface area contributed by atoms with E-state index in [2.05, 4.69) is 20.2 Å². The van der Waals surface area contributed by atoms with E-state index in [1.165, 1.54) is 0 Å². The van der Waals surface area contributed by atoms with Gasteiger partial charge in [0.15, 0.2) is 0 Å². The largest absolute Gasteiger partial charge is 0.380 e. The molecule has 2 aromatic rings. The number of aromatic nitrogens is 2. The third-order valence-corrected chi connectivity index (χ3v) is 4.13. The highest BCUT2D eigenvalue weighted by atomic mass is 16.5. The van der Waals surface area contributed by atoms with Gasteiger partial charge in [-0.3, -0.25) is 4.79 Å². The Hall–Kier alpha value is -2.47. The van der Waals surface area contributed by atoms with Crippen LogP contribution in [0.3, 0.4) is 0 Å². The molecule has 1 atom stereocenters. The van der Waals surface area contributed by atoms with Crippen LogP contribution in [-0.2, 0) is 16.1 Å². The van der Waals surface area contributed by atoms with Crippen LogP contribution in [0, 0.1) is 5.92 Å². The maximum Gasteiger partial charge on any atom is 0.229 e. The monoisotopic (exact) mass is 326 g/mol. The molecule has 0 unspecified atom stereocenters. The van der Waals surface area contributed by atoms with E-state index in [9.17, 15) is 4.79 Å². The van der Waals surface area contributed by atoms with Gasteiger partial charge < -0.3 is 15.0 Å². The lowest BCUT2D eigenvalue weighted by atomic mass is 9.97. The van der Waals surface area contributed by atoms with Gasteiger partial charge in [-0.05, 0) is 36.6 Å². The van der Waals surface area contributed by atoms with Crippen LogP contribution in [0.1, 0.15) is 18.4 Å². The average molecular weight is 326 g/mol. The first-order chi connectivity index (χ1) is 11.8. The lowest BCUT2D eigenvalue weighted by Gasteiger charge is -2.31. The zero-order chi connectivity index (χ0) is 16.8. The molecular formula is C18H22N4O2. The van der Waals surface area contributed by atoms with E-state index in [0.29, 0.717) is 19.1 Å². The molecule has 24 heavy (non-hydrogen) atoms. The summed E-state index contributed by atoms with van der Waals surface area (Å²) in [7, 11) is 1.66. The van der Waals surface area contributed by atoms with Gasteiger partial charge in [0.25, 0.3) is 0 Å². The fraction of sp³-hybridized carbons (Fsp3) is 0.389. The first kappa shape index (κ1) is 16.4. The fourth-order valence-corrected chi connectivity index (χ4v) is 2.98. The molecule has 2 heterocycles. The maximum atomic E-state index is 12.6. The lowest BCUT2D eigenvalue weighted by Crippen LogP contribution is -2.41. The second-order valence-electron chi connectivity index (χ2n) is 5.96. The van der Waals surface area contributed by atoms with Crippen molar-refractivity contribution >= 4 is 17.5 Å². The number of ether oxygens (including phenoxy) is 1. The Morgan fingerprint density at radius 2 is 2.17 bits per heavy atom. The molecule has 1 aliphatic rings. The smallest absolute Gasteiger partial charge is 0.229 e. The summed E-state index contributed by atoms with van der Waals surface area (Å²) in [6, 6.07) is 9.55. The number of piperidine rings is 1. The van der Waals surface area contributed by atoms with Crippen molar-refractivity contribution in [1.29, 1.82) is 0 Å². The minimum Gasteiger partial charge on any atom is -0.380 e. The minimum atomic E-state index is -0.0614. The Kier molecular flexibility index (Phi) is 5.38. The summed E-state index contributed by atoms with van der Waals surface area (Å²) in [5.41, 5.74) is 1.85. The maximum absolute atomic E-state index is 12.6. The van der Waals surface area contributed by atoms with Gasteiger partial charge in [-0.25, -0.2) is 9.97 Å². The van der Waals surface area contributed by atoms with Crippen LogP contribution in [0.4, 0.5) is 11.6 Å². The standard InChI is InChI=1S/C18H22N4O2/c1-24-13-14-5-2-7-16(11-14)21-17(23)15-6-3-10-22(12-15)18-19-8-4-9-20-18/h2,4-5,7-9,11,15H,3,6,10,12-13H2,1H3,(H,21,23)/t15-/m0/s1. The predicted molar refractivity (Wildman–Crippen MR) is 92.8 cm³/mol. The van der Waals surface area contributed by atoms with Gasteiger partial charge in [0, 0.05) is 38.3 Å². The first-order valence-corrected chi connectivity index (χ1v) is 8.17. The molecule has 126 valence electrons. The molecule has 0 bridgehead atoms. The molecule has 3 rings (SSSR count). The molecule has 1 aliphatic heterocycles. The second kappa shape index (κ2) is 7.88. The Morgan fingerprint density at radius 3 is 2.96 bits per heavy atom. The van der Waals surface area contributed by atoms with Gasteiger partial charge >= 0.3 is 0 Å². The van der Waals surface area contributed by atoms with E-state index in [1.54, 1.807) is 25.6 Å². The number of rotatable bonds is 5. The Bertz CT molecular complexity index is 678. The van der Waals surface area contributed by atoms with E-state index < -0.39 is 0 Å². The highest BCUT2D eigenvalue weighted by Crippen LogP contribution is 2.22. The highest BCUT2D eigenvalue weighted by Gasteiger charge is 2.27. The van der Waals surface area contributed by atoms with Crippen molar-refractivity contribution in [1.82, 2.24) is 9.97 Å². The number of carbonyl (C=O) groups excluding carboxylic acids is 1. The van der Waals surface area contributed by atoms with Crippen LogP contribution in [-0.4, -0.2) is 36.1 Å². The summed E-state index contributed by atoms with van der Waals surface area (Å²) >= 11 is 0. The third kappa shape index (κ3) is 4.08. The molecule has 1 aromatic heterocycles. The number of nitrogens with zero attached hydrogens (tertiary/aromatic N) is 3. The Balaban J connectivity index is 1.63. The fourth-order valence-electron chi connectivity index (χ4n) is 2.98. The zero-order valence-electron chi connectivity index (χ0n) is 13.8. The number of nitrogens with one attached hydrogen (secondary N) is 1. The average Bonchev–Trinajstić information content (AvgIpc) is 2.63. The van der Waals surface area contributed by atoms with Crippen LogP contribution in [0.15, 0.2) is 42.7 Å². The molecule has 6 nitrogen and oxygen atoms in total. The van der Waals surface area contributed by atoms with Crippen molar-refractivity contribution in [2.75, 3.05) is 30.4 Å². The third-order valence-electron chi connectivity index (χ3n) is 4.13. The number of hydrogen-bond acceptors (Lipinski definition) is 5. The molecule has 6 heteroatoms. The van der Waals surface area contributed by atoms with Gasteiger partial charge in [0.1, 0.15) is 0 Å². The molecule has 0 saturated carbocycles. The van der Waals surface area contributed by atoms with Crippen molar-refractivity contribution in [3.05, 3.63) is 48.3 Å². The topological polar surface area (TPSA) is 67.3 Å². The van der Waals surface area contributed by atoms with Gasteiger partial charge in [0.2, 0.25) is 11.9 Å². The number of benzene rings is 1. The number of hydrogen-bond donors (Lipinski definition) is 1. The van der Waals surface area contributed by atoms with Gasteiger partial charge in [-0.1, -0.05) is 12.1 Å². The summed E-state index contributed by atoms with van der Waals surface area (Å²) in [5.74, 6) is 0.677. The summed E-state index contributed by atoms with van der Waals surface area (Å²) in [4.78, 5) is 23.2. The highest BCUT2D eigenvalue weighted by molar-refractivity contribution is 5.93. The molecule has 1 saturated heterocycles. The SMILES string of the molecule is COCc1cccc(NC(=O)[C@H]2CCCN(c3ncccn3)C2)c1. The molecule has 0 radical (unpaired) electrons. The van der Waals surface area contributed by atoms with Crippen molar-refractivity contribution in [3.8, 4) is 0 Å². The zero-order valence-corrected chi connectivity index (χ0v) is 13.8. The Morgan fingerprint density at radius 1 is 1.33 bits per heavy atom. The number of anilines is 2. The number of methoxy groups -OCH3 is 1. The summed E-state index contributed by atoms with van der Waals surface area (Å²) < 4.78 is 5.13. The van der Waals surface area contributed by atoms with E-state index in [1.807, 2.05) is 24.3 Å². The van der Waals surface area contributed by atoms with E-state index in [4.69, 9.17) is 4.74 Å². The first-order valence-electron chi connectivity index (χ1n) is 8.17. The summed E-state index contributed by atoms with van der Waals surface area (Å²) in [6.45, 7) is 2.07. The molecule has 1 N–H and O–H groups in total. The normalized spacial score (nSPS) is 17.5. The van der Waals surface area contributed by atoms with E-state index in [0.717, 1.165) is 30.6 Å². The molecule has 0 spiro atoms.